The van der Waals surface area contributed by atoms with Gasteiger partial charge in [-0.05, 0) is 42.9 Å². The van der Waals surface area contributed by atoms with Crippen molar-refractivity contribution in [2.75, 3.05) is 13.1 Å². The number of nitrogens with zero attached hydrogens (tertiary/aromatic N) is 1. The predicted octanol–water partition coefficient (Wildman–Crippen LogP) is 3.46. The van der Waals surface area contributed by atoms with Crippen LogP contribution in [0, 0.1) is 0 Å². The van der Waals surface area contributed by atoms with E-state index in [1.165, 1.54) is 11.1 Å². The standard InChI is InChI=1S/C24H30N2O3/c1-2-26(17-24(28)29)22-15-21(16-22)25-23(27)14-20(19-11-7-4-8-12-19)13-18-9-5-3-6-10-18/h3-12,20-22H,2,13-17H2,1H3,(H,25,27)(H,28,29). The van der Waals surface area contributed by atoms with Gasteiger partial charge in [0.15, 0.2) is 0 Å². The Bertz CT molecular complexity index is 788. The maximum Gasteiger partial charge on any atom is 0.317 e. The number of carboxylic acid groups (broad SMARTS) is 1. The Morgan fingerprint density at radius 2 is 1.69 bits per heavy atom. The largest absolute Gasteiger partial charge is 0.480 e. The number of rotatable bonds is 10. The minimum absolute atomic E-state index is 0.0645. The van der Waals surface area contributed by atoms with Crippen molar-refractivity contribution in [2.45, 2.75) is 50.6 Å². The molecule has 0 spiro atoms. The van der Waals surface area contributed by atoms with E-state index in [0.29, 0.717) is 13.0 Å². The van der Waals surface area contributed by atoms with E-state index in [1.54, 1.807) is 0 Å². The molecule has 5 nitrogen and oxygen atoms in total. The summed E-state index contributed by atoms with van der Waals surface area (Å²) in [5, 5.41) is 12.2. The van der Waals surface area contributed by atoms with E-state index in [1.807, 2.05) is 48.2 Å². The van der Waals surface area contributed by atoms with E-state index < -0.39 is 5.97 Å². The van der Waals surface area contributed by atoms with E-state index in [4.69, 9.17) is 5.11 Å². The van der Waals surface area contributed by atoms with Gasteiger partial charge in [0.25, 0.3) is 0 Å². The molecule has 0 aromatic heterocycles. The van der Waals surface area contributed by atoms with E-state index in [2.05, 4.69) is 29.6 Å². The van der Waals surface area contributed by atoms with Gasteiger partial charge in [-0.25, -0.2) is 0 Å². The SMILES string of the molecule is CCN(CC(=O)O)C1CC(NC(=O)CC(Cc2ccccc2)c2ccccc2)C1. The summed E-state index contributed by atoms with van der Waals surface area (Å²) >= 11 is 0. The first-order valence-electron chi connectivity index (χ1n) is 10.4. The topological polar surface area (TPSA) is 69.6 Å². The van der Waals surface area contributed by atoms with Gasteiger partial charge in [-0.3, -0.25) is 14.5 Å². The van der Waals surface area contributed by atoms with Crippen LogP contribution in [0.1, 0.15) is 43.2 Å². The summed E-state index contributed by atoms with van der Waals surface area (Å²) in [6, 6.07) is 20.9. The highest BCUT2D eigenvalue weighted by molar-refractivity contribution is 5.77. The predicted molar refractivity (Wildman–Crippen MR) is 114 cm³/mol. The van der Waals surface area contributed by atoms with E-state index >= 15 is 0 Å². The summed E-state index contributed by atoms with van der Waals surface area (Å²) in [6.45, 7) is 2.75. The van der Waals surface area contributed by atoms with Gasteiger partial charge in [0.1, 0.15) is 0 Å². The summed E-state index contributed by atoms with van der Waals surface area (Å²) in [4.78, 5) is 25.7. The lowest BCUT2D eigenvalue weighted by atomic mass is 9.84. The molecule has 2 N–H and O–H groups in total. The number of hydrogen-bond acceptors (Lipinski definition) is 3. The minimum atomic E-state index is -0.800. The van der Waals surface area contributed by atoms with Crippen molar-refractivity contribution >= 4 is 11.9 Å². The van der Waals surface area contributed by atoms with Crippen molar-refractivity contribution in [3.63, 3.8) is 0 Å². The summed E-state index contributed by atoms with van der Waals surface area (Å²) in [5.74, 6) is -0.598. The molecule has 2 aromatic carbocycles. The average Bonchev–Trinajstić information content (AvgIpc) is 2.69. The summed E-state index contributed by atoms with van der Waals surface area (Å²) < 4.78 is 0. The Morgan fingerprint density at radius 1 is 1.07 bits per heavy atom. The lowest BCUT2D eigenvalue weighted by molar-refractivity contribution is -0.139. The second-order valence-electron chi connectivity index (χ2n) is 7.85. The van der Waals surface area contributed by atoms with Gasteiger partial charge in [0, 0.05) is 18.5 Å². The van der Waals surface area contributed by atoms with Gasteiger partial charge in [0.2, 0.25) is 5.91 Å². The summed E-state index contributed by atoms with van der Waals surface area (Å²) in [5.41, 5.74) is 2.40. The molecule has 0 saturated heterocycles. The molecule has 3 rings (SSSR count). The van der Waals surface area contributed by atoms with Gasteiger partial charge >= 0.3 is 5.97 Å². The zero-order valence-corrected chi connectivity index (χ0v) is 17.0. The maximum atomic E-state index is 12.7. The van der Waals surface area contributed by atoms with Crippen LogP contribution in [0.3, 0.4) is 0 Å². The Morgan fingerprint density at radius 3 is 2.28 bits per heavy atom. The molecule has 1 aliphatic carbocycles. The molecule has 1 amide bonds. The number of benzene rings is 2. The molecule has 0 heterocycles. The van der Waals surface area contributed by atoms with Crippen LogP contribution in [0.4, 0.5) is 0 Å². The van der Waals surface area contributed by atoms with Gasteiger partial charge in [0.05, 0.1) is 6.54 Å². The number of aliphatic carboxylic acids is 1. The molecule has 154 valence electrons. The number of carboxylic acids is 1. The lowest BCUT2D eigenvalue weighted by Crippen LogP contribution is -2.54. The average molecular weight is 395 g/mol. The van der Waals surface area contributed by atoms with E-state index in [9.17, 15) is 9.59 Å². The fourth-order valence-corrected chi connectivity index (χ4v) is 4.12. The Kier molecular flexibility index (Phi) is 7.42. The number of amides is 1. The summed E-state index contributed by atoms with van der Waals surface area (Å²) in [6.07, 6.45) is 2.92. The first-order valence-corrected chi connectivity index (χ1v) is 10.4. The third kappa shape index (κ3) is 6.16. The molecular formula is C24H30N2O3. The molecule has 1 saturated carbocycles. The minimum Gasteiger partial charge on any atom is -0.480 e. The first-order chi connectivity index (χ1) is 14.0. The number of hydrogen-bond donors (Lipinski definition) is 2. The highest BCUT2D eigenvalue weighted by Gasteiger charge is 2.34. The molecule has 1 fully saturated rings. The van der Waals surface area contributed by atoms with Crippen LogP contribution < -0.4 is 5.32 Å². The smallest absolute Gasteiger partial charge is 0.317 e. The molecule has 1 aliphatic rings. The van der Waals surface area contributed by atoms with Crippen molar-refractivity contribution in [1.29, 1.82) is 0 Å². The van der Waals surface area contributed by atoms with Crippen LogP contribution in [0.5, 0.6) is 0 Å². The van der Waals surface area contributed by atoms with Crippen molar-refractivity contribution in [1.82, 2.24) is 10.2 Å². The van der Waals surface area contributed by atoms with Crippen LogP contribution in [0.25, 0.3) is 0 Å². The number of carbonyl (C=O) groups is 2. The number of carbonyl (C=O) groups excluding carboxylic acids is 1. The zero-order valence-electron chi connectivity index (χ0n) is 17.0. The van der Waals surface area contributed by atoms with Crippen LogP contribution in [-0.2, 0) is 16.0 Å². The second-order valence-corrected chi connectivity index (χ2v) is 7.85. The van der Waals surface area contributed by atoms with Gasteiger partial charge in [-0.15, -0.1) is 0 Å². The second kappa shape index (κ2) is 10.2. The molecule has 1 unspecified atom stereocenters. The van der Waals surface area contributed by atoms with Crippen molar-refractivity contribution in [3.8, 4) is 0 Å². The van der Waals surface area contributed by atoms with Crippen molar-refractivity contribution < 1.29 is 14.7 Å². The van der Waals surface area contributed by atoms with Crippen molar-refractivity contribution in [3.05, 3.63) is 71.8 Å². The van der Waals surface area contributed by atoms with Crippen LogP contribution in [0.2, 0.25) is 0 Å². The van der Waals surface area contributed by atoms with Crippen LogP contribution in [-0.4, -0.2) is 47.1 Å². The van der Waals surface area contributed by atoms with Crippen LogP contribution in [0.15, 0.2) is 60.7 Å². The Hall–Kier alpha value is -2.66. The van der Waals surface area contributed by atoms with E-state index in [-0.39, 0.29) is 30.5 Å². The fourth-order valence-electron chi connectivity index (χ4n) is 4.12. The molecule has 1 atom stereocenters. The molecule has 29 heavy (non-hydrogen) atoms. The molecule has 5 heteroatoms. The number of nitrogens with one attached hydrogen (secondary N) is 1. The highest BCUT2D eigenvalue weighted by Crippen LogP contribution is 2.28. The Balaban J connectivity index is 1.55. The molecule has 0 radical (unpaired) electrons. The molecule has 0 aliphatic heterocycles. The molecular weight excluding hydrogens is 364 g/mol. The van der Waals surface area contributed by atoms with Gasteiger partial charge in [-0.2, -0.15) is 0 Å². The zero-order chi connectivity index (χ0) is 20.6. The quantitative estimate of drug-likeness (QED) is 0.648. The molecule has 2 aromatic rings. The third-order valence-corrected chi connectivity index (χ3v) is 5.77. The third-order valence-electron chi connectivity index (χ3n) is 5.77. The van der Waals surface area contributed by atoms with Gasteiger partial charge in [-0.1, -0.05) is 67.6 Å². The fraction of sp³-hybridized carbons (Fsp3) is 0.417. The number of likely N-dealkylation sites (N-methyl/N-ethyl adjacent to an activating group) is 1. The van der Waals surface area contributed by atoms with Crippen LogP contribution >= 0.6 is 0 Å². The van der Waals surface area contributed by atoms with Gasteiger partial charge < -0.3 is 10.4 Å². The molecule has 0 bridgehead atoms. The normalized spacial score (nSPS) is 19.4. The van der Waals surface area contributed by atoms with Crippen molar-refractivity contribution in [2.24, 2.45) is 0 Å². The summed E-state index contributed by atoms with van der Waals surface area (Å²) in [7, 11) is 0. The maximum absolute atomic E-state index is 12.7. The monoisotopic (exact) mass is 394 g/mol. The highest BCUT2D eigenvalue weighted by atomic mass is 16.4. The van der Waals surface area contributed by atoms with E-state index in [0.717, 1.165) is 19.3 Å². The Labute approximate surface area is 172 Å². The first kappa shape index (κ1) is 21.1. The lowest BCUT2D eigenvalue weighted by Gasteiger charge is -2.42.